The molecule has 0 unspecified atom stereocenters. The summed E-state index contributed by atoms with van der Waals surface area (Å²) in [5.74, 6) is -0.229. The average Bonchev–Trinajstić information content (AvgIpc) is 3.11. The van der Waals surface area contributed by atoms with Crippen LogP contribution in [0.3, 0.4) is 0 Å². The van der Waals surface area contributed by atoms with Crippen LogP contribution in [0.5, 0.6) is 0 Å². The molecule has 1 aromatic rings. The first kappa shape index (κ1) is 17.2. The minimum Gasteiger partial charge on any atom is -0.336 e. The molecule has 3 rings (SSSR count). The van der Waals surface area contributed by atoms with Gasteiger partial charge in [-0.05, 0) is 56.5 Å². The second kappa shape index (κ2) is 7.94. The molecule has 0 aromatic heterocycles. The molecule has 2 heterocycles. The van der Waals surface area contributed by atoms with Crippen molar-refractivity contribution in [1.29, 1.82) is 0 Å². The summed E-state index contributed by atoms with van der Waals surface area (Å²) in [7, 11) is 0. The third kappa shape index (κ3) is 4.24. The maximum absolute atomic E-state index is 13.2. The Morgan fingerprint density at radius 1 is 1.17 bits per heavy atom. The Kier molecular flexibility index (Phi) is 5.68. The quantitative estimate of drug-likeness (QED) is 0.886. The van der Waals surface area contributed by atoms with Crippen molar-refractivity contribution in [2.24, 2.45) is 5.73 Å². The van der Waals surface area contributed by atoms with Crippen LogP contribution in [0.4, 0.5) is 9.18 Å². The summed E-state index contributed by atoms with van der Waals surface area (Å²) in [6.45, 7) is 4.04. The van der Waals surface area contributed by atoms with Crippen molar-refractivity contribution < 1.29 is 9.18 Å². The van der Waals surface area contributed by atoms with E-state index in [9.17, 15) is 9.18 Å². The molecule has 2 amide bonds. The lowest BCUT2D eigenvalue weighted by atomic mass is 10.1. The summed E-state index contributed by atoms with van der Waals surface area (Å²) in [5, 5.41) is 3.07. The molecule has 0 saturated carbocycles. The van der Waals surface area contributed by atoms with Gasteiger partial charge in [0.1, 0.15) is 5.82 Å². The van der Waals surface area contributed by atoms with Gasteiger partial charge >= 0.3 is 6.03 Å². The zero-order valence-electron chi connectivity index (χ0n) is 14.1. The SMILES string of the molecule is NC1CCN(C(=O)NC[C@H](c2ccc(F)cc2)N2CCCC2)CC1. The van der Waals surface area contributed by atoms with E-state index in [-0.39, 0.29) is 23.9 Å². The summed E-state index contributed by atoms with van der Waals surface area (Å²) in [5.41, 5.74) is 6.95. The van der Waals surface area contributed by atoms with Gasteiger partial charge in [-0.15, -0.1) is 0 Å². The smallest absolute Gasteiger partial charge is 0.317 e. The van der Waals surface area contributed by atoms with Gasteiger partial charge in [-0.1, -0.05) is 12.1 Å². The number of benzene rings is 1. The molecule has 2 aliphatic heterocycles. The topological polar surface area (TPSA) is 61.6 Å². The minimum absolute atomic E-state index is 0.0202. The number of amides is 2. The number of piperidine rings is 1. The Hall–Kier alpha value is -1.66. The van der Waals surface area contributed by atoms with Gasteiger partial charge in [0.05, 0.1) is 6.04 Å². The van der Waals surface area contributed by atoms with E-state index in [1.165, 1.54) is 25.0 Å². The highest BCUT2D eigenvalue weighted by molar-refractivity contribution is 5.74. The third-order valence-electron chi connectivity index (χ3n) is 5.11. The number of nitrogens with one attached hydrogen (secondary N) is 1. The van der Waals surface area contributed by atoms with Crippen LogP contribution in [-0.2, 0) is 0 Å². The highest BCUT2D eigenvalue weighted by atomic mass is 19.1. The van der Waals surface area contributed by atoms with Gasteiger partial charge in [0.15, 0.2) is 0 Å². The van der Waals surface area contributed by atoms with Crippen LogP contribution in [0.2, 0.25) is 0 Å². The van der Waals surface area contributed by atoms with Crippen molar-refractivity contribution >= 4 is 6.03 Å². The number of hydrogen-bond donors (Lipinski definition) is 2. The van der Waals surface area contributed by atoms with E-state index in [2.05, 4.69) is 10.2 Å². The number of urea groups is 1. The predicted octanol–water partition coefficient (Wildman–Crippen LogP) is 2.10. The Bertz CT molecular complexity index is 536. The molecule has 0 aliphatic carbocycles. The van der Waals surface area contributed by atoms with Crippen LogP contribution in [0.1, 0.15) is 37.3 Å². The normalized spacial score (nSPS) is 21.0. The molecule has 3 N–H and O–H groups in total. The fraction of sp³-hybridized carbons (Fsp3) is 0.611. The second-order valence-corrected chi connectivity index (χ2v) is 6.82. The van der Waals surface area contributed by atoms with Gasteiger partial charge in [-0.25, -0.2) is 9.18 Å². The molecule has 2 fully saturated rings. The van der Waals surface area contributed by atoms with Crippen LogP contribution in [0.15, 0.2) is 24.3 Å². The van der Waals surface area contributed by atoms with Crippen molar-refractivity contribution in [2.75, 3.05) is 32.7 Å². The van der Waals surface area contributed by atoms with E-state index < -0.39 is 0 Å². The number of likely N-dealkylation sites (tertiary alicyclic amines) is 2. The fourth-order valence-corrected chi connectivity index (χ4v) is 3.59. The molecule has 1 atom stereocenters. The molecule has 2 saturated heterocycles. The van der Waals surface area contributed by atoms with E-state index in [4.69, 9.17) is 5.73 Å². The number of rotatable bonds is 4. The van der Waals surface area contributed by atoms with E-state index in [0.717, 1.165) is 44.6 Å². The van der Waals surface area contributed by atoms with Gasteiger partial charge in [0.25, 0.3) is 0 Å². The van der Waals surface area contributed by atoms with Crippen molar-refractivity contribution in [2.45, 2.75) is 37.8 Å². The summed E-state index contributed by atoms with van der Waals surface area (Å²) >= 11 is 0. The summed E-state index contributed by atoms with van der Waals surface area (Å²) < 4.78 is 13.2. The number of nitrogens with two attached hydrogens (primary N) is 1. The summed E-state index contributed by atoms with van der Waals surface area (Å²) in [4.78, 5) is 16.6. The maximum atomic E-state index is 13.2. The third-order valence-corrected chi connectivity index (χ3v) is 5.11. The lowest BCUT2D eigenvalue weighted by Crippen LogP contribution is -2.48. The Labute approximate surface area is 143 Å². The van der Waals surface area contributed by atoms with Gasteiger partial charge in [0, 0.05) is 25.7 Å². The molecular weight excluding hydrogens is 307 g/mol. The molecule has 0 radical (unpaired) electrons. The van der Waals surface area contributed by atoms with E-state index in [1.54, 1.807) is 0 Å². The average molecular weight is 334 g/mol. The molecule has 6 heteroatoms. The Morgan fingerprint density at radius 2 is 1.79 bits per heavy atom. The van der Waals surface area contributed by atoms with Crippen LogP contribution in [0, 0.1) is 5.82 Å². The molecule has 0 bridgehead atoms. The monoisotopic (exact) mass is 334 g/mol. The van der Waals surface area contributed by atoms with Crippen LogP contribution >= 0.6 is 0 Å². The van der Waals surface area contributed by atoms with E-state index in [1.807, 2.05) is 17.0 Å². The summed E-state index contributed by atoms with van der Waals surface area (Å²) in [6, 6.07) is 6.93. The highest BCUT2D eigenvalue weighted by Gasteiger charge is 2.26. The number of nitrogens with zero attached hydrogens (tertiary/aromatic N) is 2. The number of carbonyl (C=O) groups excluding carboxylic acids is 1. The van der Waals surface area contributed by atoms with Crippen molar-refractivity contribution in [3.63, 3.8) is 0 Å². The van der Waals surface area contributed by atoms with Gasteiger partial charge in [-0.2, -0.15) is 0 Å². The zero-order valence-corrected chi connectivity index (χ0v) is 14.1. The van der Waals surface area contributed by atoms with E-state index >= 15 is 0 Å². The minimum atomic E-state index is -0.229. The molecule has 0 spiro atoms. The molecular formula is C18H27FN4O. The number of hydrogen-bond acceptors (Lipinski definition) is 3. The van der Waals surface area contributed by atoms with Crippen LogP contribution < -0.4 is 11.1 Å². The summed E-state index contributed by atoms with van der Waals surface area (Å²) in [6.07, 6.45) is 4.08. The van der Waals surface area contributed by atoms with Crippen molar-refractivity contribution in [1.82, 2.24) is 15.1 Å². The fourth-order valence-electron chi connectivity index (χ4n) is 3.59. The molecule has 24 heavy (non-hydrogen) atoms. The zero-order chi connectivity index (χ0) is 16.9. The molecule has 5 nitrogen and oxygen atoms in total. The molecule has 132 valence electrons. The first-order chi connectivity index (χ1) is 11.6. The van der Waals surface area contributed by atoms with Gasteiger partial charge in [-0.3, -0.25) is 4.90 Å². The van der Waals surface area contributed by atoms with Gasteiger partial charge in [0.2, 0.25) is 0 Å². The lowest BCUT2D eigenvalue weighted by Gasteiger charge is -2.32. The standard InChI is InChI=1S/C18H27FN4O/c19-15-5-3-14(4-6-15)17(22-9-1-2-10-22)13-21-18(24)23-11-7-16(20)8-12-23/h3-6,16-17H,1-2,7-13,20H2,(H,21,24)/t17-/m1/s1. The van der Waals surface area contributed by atoms with Crippen LogP contribution in [-0.4, -0.2) is 54.6 Å². The lowest BCUT2D eigenvalue weighted by molar-refractivity contribution is 0.174. The van der Waals surface area contributed by atoms with Crippen LogP contribution in [0.25, 0.3) is 0 Å². The highest BCUT2D eigenvalue weighted by Crippen LogP contribution is 2.25. The first-order valence-corrected chi connectivity index (χ1v) is 8.91. The largest absolute Gasteiger partial charge is 0.336 e. The first-order valence-electron chi connectivity index (χ1n) is 8.91. The van der Waals surface area contributed by atoms with Crippen molar-refractivity contribution in [3.05, 3.63) is 35.6 Å². The van der Waals surface area contributed by atoms with Gasteiger partial charge < -0.3 is 16.0 Å². The Morgan fingerprint density at radius 3 is 2.42 bits per heavy atom. The second-order valence-electron chi connectivity index (χ2n) is 6.82. The molecule has 2 aliphatic rings. The molecule has 1 aromatic carbocycles. The maximum Gasteiger partial charge on any atom is 0.317 e. The predicted molar refractivity (Wildman–Crippen MR) is 92.1 cm³/mol. The number of halogens is 1. The van der Waals surface area contributed by atoms with E-state index in [0.29, 0.717) is 6.54 Å². The Balaban J connectivity index is 1.61. The van der Waals surface area contributed by atoms with Crippen molar-refractivity contribution in [3.8, 4) is 0 Å². The number of carbonyl (C=O) groups is 1.